The molecule has 0 aromatic carbocycles. The monoisotopic (exact) mass is 344 g/mol. The van der Waals surface area contributed by atoms with Gasteiger partial charge in [0.05, 0.1) is 13.7 Å². The van der Waals surface area contributed by atoms with Crippen molar-refractivity contribution in [3.8, 4) is 0 Å². The maximum absolute atomic E-state index is 12.2. The number of hydrogen-bond acceptors (Lipinski definition) is 4. The van der Waals surface area contributed by atoms with Gasteiger partial charge in [0.15, 0.2) is 0 Å². The Balaban J connectivity index is 1.98. The topological polar surface area (TPSA) is 33.2 Å². The molecule has 0 saturated carbocycles. The van der Waals surface area contributed by atoms with Crippen molar-refractivity contribution in [1.82, 2.24) is 9.88 Å². The molecule has 1 amide bonds. The number of amides is 1. The summed E-state index contributed by atoms with van der Waals surface area (Å²) < 4.78 is 0.988. The summed E-state index contributed by atoms with van der Waals surface area (Å²) in [4.78, 5) is 19.1. The summed E-state index contributed by atoms with van der Waals surface area (Å²) in [5.41, 5.74) is 0. The fourth-order valence-corrected chi connectivity index (χ4v) is 3.56. The Morgan fingerprint density at radius 3 is 2.89 bits per heavy atom. The predicted molar refractivity (Wildman–Crippen MR) is 79.4 cm³/mol. The molecule has 2 heterocycles. The highest BCUT2D eigenvalue weighted by molar-refractivity contribution is 9.11. The maximum Gasteiger partial charge on any atom is 0.263 e. The van der Waals surface area contributed by atoms with Gasteiger partial charge >= 0.3 is 0 Å². The van der Waals surface area contributed by atoms with Crippen LogP contribution in [0.15, 0.2) is 27.5 Å². The third kappa shape index (κ3) is 3.40. The van der Waals surface area contributed by atoms with Crippen molar-refractivity contribution >= 4 is 44.5 Å². The second kappa shape index (κ2) is 6.45. The minimum Gasteiger partial charge on any atom is -0.338 e. The quantitative estimate of drug-likeness (QED) is 0.828. The van der Waals surface area contributed by atoms with E-state index >= 15 is 0 Å². The van der Waals surface area contributed by atoms with E-state index in [1.807, 2.05) is 29.3 Å². The van der Waals surface area contributed by atoms with Gasteiger partial charge in [-0.05, 0) is 35.0 Å². The van der Waals surface area contributed by atoms with Crippen LogP contribution < -0.4 is 0 Å². The molecule has 0 spiro atoms. The first kappa shape index (κ1) is 13.7. The molecule has 2 aromatic heterocycles. The minimum atomic E-state index is 0.102. The smallest absolute Gasteiger partial charge is 0.263 e. The first-order valence-electron chi connectivity index (χ1n) is 5.63. The van der Waals surface area contributed by atoms with E-state index in [0.29, 0.717) is 0 Å². The number of likely N-dealkylation sites (N-methyl/N-ethyl adjacent to an activating group) is 1. The molecule has 0 unspecified atom stereocenters. The van der Waals surface area contributed by atoms with Crippen LogP contribution in [-0.4, -0.2) is 28.9 Å². The van der Waals surface area contributed by atoms with Crippen LogP contribution in [0.1, 0.15) is 21.6 Å². The maximum atomic E-state index is 12.2. The highest BCUT2D eigenvalue weighted by Gasteiger charge is 2.16. The number of thiazole rings is 1. The molecular weight excluding hydrogens is 332 g/mol. The van der Waals surface area contributed by atoms with Gasteiger partial charge in [-0.3, -0.25) is 4.79 Å². The average molecular weight is 345 g/mol. The second-order valence-corrected chi connectivity index (χ2v) is 7.11. The zero-order valence-electron chi connectivity index (χ0n) is 9.93. The number of carbonyl (C=O) groups excluding carboxylic acids is 1. The van der Waals surface area contributed by atoms with Crippen molar-refractivity contribution < 1.29 is 4.79 Å². The molecular formula is C12H13BrN2OS2. The van der Waals surface area contributed by atoms with E-state index in [1.54, 1.807) is 17.5 Å². The van der Waals surface area contributed by atoms with Crippen molar-refractivity contribution in [2.75, 3.05) is 13.1 Å². The Labute approximate surface area is 123 Å². The molecule has 96 valence electrons. The second-order valence-electron chi connectivity index (χ2n) is 3.66. The Kier molecular flexibility index (Phi) is 4.91. The van der Waals surface area contributed by atoms with Crippen LogP contribution in [0, 0.1) is 0 Å². The number of halogens is 1. The van der Waals surface area contributed by atoms with Gasteiger partial charge in [-0.25, -0.2) is 4.98 Å². The van der Waals surface area contributed by atoms with E-state index < -0.39 is 0 Å². The molecule has 0 atom stereocenters. The molecule has 0 bridgehead atoms. The van der Waals surface area contributed by atoms with E-state index in [-0.39, 0.29) is 5.91 Å². The first-order chi connectivity index (χ1) is 8.70. The highest BCUT2D eigenvalue weighted by atomic mass is 79.9. The lowest BCUT2D eigenvalue weighted by Crippen LogP contribution is -2.32. The summed E-state index contributed by atoms with van der Waals surface area (Å²) in [7, 11) is 0. The molecule has 0 aliphatic heterocycles. The SMILES string of the molecule is CCN(CCc1nccs1)C(=O)c1ccc(Br)s1. The summed E-state index contributed by atoms with van der Waals surface area (Å²) in [5, 5.41) is 3.04. The van der Waals surface area contributed by atoms with Crippen LogP contribution in [0.2, 0.25) is 0 Å². The van der Waals surface area contributed by atoms with E-state index in [2.05, 4.69) is 20.9 Å². The van der Waals surface area contributed by atoms with E-state index in [1.165, 1.54) is 11.3 Å². The Hall–Kier alpha value is -0.720. The third-order valence-electron chi connectivity index (χ3n) is 2.53. The van der Waals surface area contributed by atoms with E-state index in [9.17, 15) is 4.79 Å². The summed E-state index contributed by atoms with van der Waals surface area (Å²) in [5.74, 6) is 0.102. The lowest BCUT2D eigenvalue weighted by Gasteiger charge is -2.19. The number of thiophene rings is 1. The number of carbonyl (C=O) groups is 1. The Morgan fingerprint density at radius 1 is 1.50 bits per heavy atom. The molecule has 2 aromatic rings. The Morgan fingerprint density at radius 2 is 2.33 bits per heavy atom. The van der Waals surface area contributed by atoms with Gasteiger partial charge in [0.2, 0.25) is 0 Å². The fourth-order valence-electron chi connectivity index (χ4n) is 1.60. The van der Waals surface area contributed by atoms with Crippen molar-refractivity contribution in [3.05, 3.63) is 37.4 Å². The van der Waals surface area contributed by atoms with Crippen LogP contribution in [0.5, 0.6) is 0 Å². The van der Waals surface area contributed by atoms with Gasteiger partial charge < -0.3 is 4.90 Å². The van der Waals surface area contributed by atoms with Crippen molar-refractivity contribution in [3.63, 3.8) is 0 Å². The molecule has 0 aliphatic rings. The molecule has 2 rings (SSSR count). The number of hydrogen-bond donors (Lipinski definition) is 0. The van der Waals surface area contributed by atoms with Crippen LogP contribution in [0.4, 0.5) is 0 Å². The average Bonchev–Trinajstić information content (AvgIpc) is 3.00. The predicted octanol–water partition coefficient (Wildman–Crippen LogP) is 3.67. The number of rotatable bonds is 5. The zero-order chi connectivity index (χ0) is 13.0. The summed E-state index contributed by atoms with van der Waals surface area (Å²) in [6.45, 7) is 3.44. The molecule has 0 fully saturated rings. The highest BCUT2D eigenvalue weighted by Crippen LogP contribution is 2.23. The fraction of sp³-hybridized carbons (Fsp3) is 0.333. The Bertz CT molecular complexity index is 510. The van der Waals surface area contributed by atoms with Gasteiger partial charge in [-0.2, -0.15) is 0 Å². The van der Waals surface area contributed by atoms with Crippen molar-refractivity contribution in [2.24, 2.45) is 0 Å². The van der Waals surface area contributed by atoms with E-state index in [4.69, 9.17) is 0 Å². The third-order valence-corrected chi connectivity index (χ3v) is 4.98. The lowest BCUT2D eigenvalue weighted by atomic mass is 10.3. The van der Waals surface area contributed by atoms with Crippen LogP contribution in [0.25, 0.3) is 0 Å². The molecule has 0 radical (unpaired) electrons. The first-order valence-corrected chi connectivity index (χ1v) is 8.12. The van der Waals surface area contributed by atoms with Gasteiger partial charge in [-0.1, -0.05) is 0 Å². The summed E-state index contributed by atoms with van der Waals surface area (Å²) in [6, 6.07) is 3.77. The lowest BCUT2D eigenvalue weighted by molar-refractivity contribution is 0.0771. The molecule has 0 N–H and O–H groups in total. The van der Waals surface area contributed by atoms with Gasteiger partial charge in [-0.15, -0.1) is 22.7 Å². The summed E-state index contributed by atoms with van der Waals surface area (Å²) >= 11 is 6.49. The van der Waals surface area contributed by atoms with Crippen LogP contribution >= 0.6 is 38.6 Å². The molecule has 0 saturated heterocycles. The minimum absolute atomic E-state index is 0.102. The zero-order valence-corrected chi connectivity index (χ0v) is 13.1. The van der Waals surface area contributed by atoms with Crippen LogP contribution in [-0.2, 0) is 6.42 Å². The molecule has 0 aliphatic carbocycles. The largest absolute Gasteiger partial charge is 0.338 e. The van der Waals surface area contributed by atoms with Gasteiger partial charge in [0, 0.05) is 31.1 Å². The van der Waals surface area contributed by atoms with Gasteiger partial charge in [0.1, 0.15) is 0 Å². The van der Waals surface area contributed by atoms with Crippen molar-refractivity contribution in [2.45, 2.75) is 13.3 Å². The normalized spacial score (nSPS) is 10.6. The van der Waals surface area contributed by atoms with Gasteiger partial charge in [0.25, 0.3) is 5.91 Å². The molecule has 18 heavy (non-hydrogen) atoms. The van der Waals surface area contributed by atoms with Crippen LogP contribution in [0.3, 0.4) is 0 Å². The number of nitrogens with zero attached hydrogens (tertiary/aromatic N) is 2. The molecule has 3 nitrogen and oxygen atoms in total. The summed E-state index contributed by atoms with van der Waals surface area (Å²) in [6.07, 6.45) is 2.62. The van der Waals surface area contributed by atoms with Crippen molar-refractivity contribution in [1.29, 1.82) is 0 Å². The standard InChI is InChI=1S/C12H13BrN2OS2/c1-2-15(7-5-11-14-6-8-17-11)12(16)9-3-4-10(13)18-9/h3-4,6,8H,2,5,7H2,1H3. The number of aromatic nitrogens is 1. The van der Waals surface area contributed by atoms with E-state index in [0.717, 1.165) is 33.2 Å². The molecule has 6 heteroatoms.